The second-order valence-electron chi connectivity index (χ2n) is 5.49. The quantitative estimate of drug-likeness (QED) is 0.564. The molecule has 4 rings (SSSR count). The zero-order chi connectivity index (χ0) is 18.3. The Morgan fingerprint density at radius 1 is 0.885 bits per heavy atom. The molecular formula is C19H12O7. The normalized spacial score (nSPS) is 11.0. The van der Waals surface area contributed by atoms with Crippen molar-refractivity contribution in [2.75, 3.05) is 7.11 Å². The molecule has 0 spiro atoms. The number of fused-ring (bicyclic) bond motifs is 2. The lowest BCUT2D eigenvalue weighted by atomic mass is 10.2. The van der Waals surface area contributed by atoms with Crippen LogP contribution >= 0.6 is 0 Å². The molecule has 2 heterocycles. The average Bonchev–Trinajstić information content (AvgIpc) is 2.62. The fourth-order valence-corrected chi connectivity index (χ4v) is 2.61. The second-order valence-corrected chi connectivity index (χ2v) is 5.49. The van der Waals surface area contributed by atoms with Gasteiger partial charge in [0.2, 0.25) is 11.5 Å². The summed E-state index contributed by atoms with van der Waals surface area (Å²) in [6.07, 6.45) is 0. The highest BCUT2D eigenvalue weighted by Crippen LogP contribution is 2.37. The van der Waals surface area contributed by atoms with Crippen LogP contribution in [0, 0.1) is 0 Å². The van der Waals surface area contributed by atoms with Crippen LogP contribution in [0.25, 0.3) is 21.9 Å². The van der Waals surface area contributed by atoms with Crippen molar-refractivity contribution < 1.29 is 23.4 Å². The number of aromatic hydroxyl groups is 1. The molecule has 2 aromatic carbocycles. The van der Waals surface area contributed by atoms with Gasteiger partial charge in [-0.1, -0.05) is 0 Å². The van der Waals surface area contributed by atoms with Crippen LogP contribution in [0.15, 0.2) is 67.0 Å². The molecule has 7 nitrogen and oxygen atoms in total. The predicted molar refractivity (Wildman–Crippen MR) is 93.3 cm³/mol. The molecule has 0 aliphatic rings. The Morgan fingerprint density at radius 3 is 2.46 bits per heavy atom. The van der Waals surface area contributed by atoms with Crippen molar-refractivity contribution in [1.82, 2.24) is 0 Å². The van der Waals surface area contributed by atoms with Gasteiger partial charge in [0.05, 0.1) is 7.11 Å². The maximum Gasteiger partial charge on any atom is 0.379 e. The molecule has 0 atom stereocenters. The van der Waals surface area contributed by atoms with Crippen molar-refractivity contribution in [2.45, 2.75) is 0 Å². The van der Waals surface area contributed by atoms with E-state index in [9.17, 15) is 14.7 Å². The average molecular weight is 352 g/mol. The van der Waals surface area contributed by atoms with Crippen LogP contribution in [0.4, 0.5) is 0 Å². The van der Waals surface area contributed by atoms with E-state index in [2.05, 4.69) is 0 Å². The van der Waals surface area contributed by atoms with Crippen LogP contribution in [0.5, 0.6) is 23.0 Å². The van der Waals surface area contributed by atoms with Gasteiger partial charge in [-0.15, -0.1) is 0 Å². The van der Waals surface area contributed by atoms with Crippen LogP contribution in [-0.4, -0.2) is 12.2 Å². The molecule has 0 aliphatic carbocycles. The second kappa shape index (κ2) is 5.96. The first-order valence-electron chi connectivity index (χ1n) is 7.61. The largest absolute Gasteiger partial charge is 0.508 e. The highest BCUT2D eigenvalue weighted by molar-refractivity contribution is 5.86. The Morgan fingerprint density at radius 2 is 1.65 bits per heavy atom. The summed E-state index contributed by atoms with van der Waals surface area (Å²) in [6.45, 7) is 0. The number of benzene rings is 2. The van der Waals surface area contributed by atoms with E-state index in [1.165, 1.54) is 31.4 Å². The van der Waals surface area contributed by atoms with E-state index in [1.54, 1.807) is 24.3 Å². The molecule has 26 heavy (non-hydrogen) atoms. The van der Waals surface area contributed by atoms with Gasteiger partial charge in [-0.3, -0.25) is 0 Å². The molecule has 7 heteroatoms. The van der Waals surface area contributed by atoms with Crippen LogP contribution in [0.2, 0.25) is 0 Å². The molecule has 0 aliphatic heterocycles. The number of hydrogen-bond donors (Lipinski definition) is 1. The fraction of sp³-hybridized carbons (Fsp3) is 0.0526. The number of hydrogen-bond acceptors (Lipinski definition) is 7. The number of ether oxygens (including phenoxy) is 2. The number of rotatable bonds is 3. The van der Waals surface area contributed by atoms with Gasteiger partial charge in [-0.25, -0.2) is 9.59 Å². The molecule has 0 fully saturated rings. The molecule has 130 valence electrons. The van der Waals surface area contributed by atoms with E-state index in [0.29, 0.717) is 10.8 Å². The summed E-state index contributed by atoms with van der Waals surface area (Å²) in [6, 6.07) is 12.1. The minimum absolute atomic E-state index is 0.0215. The van der Waals surface area contributed by atoms with E-state index in [0.717, 1.165) is 0 Å². The van der Waals surface area contributed by atoms with Gasteiger partial charge in [-0.2, -0.15) is 0 Å². The number of phenolic OH excluding ortho intramolecular Hbond substituents is 1. The lowest BCUT2D eigenvalue weighted by Gasteiger charge is -2.11. The standard InChI is InChI=1S/C19H12O7/c1-23-13-6-3-10-4-7-16(21)26-17(10)18(13)24-15-8-11-2-5-12(20)9-14(11)25-19(15)22/h2-9,20H,1H3. The molecule has 0 amide bonds. The van der Waals surface area contributed by atoms with Crippen LogP contribution < -0.4 is 20.7 Å². The molecule has 2 aromatic heterocycles. The Labute approximate surface area is 145 Å². The van der Waals surface area contributed by atoms with Gasteiger partial charge >= 0.3 is 11.3 Å². The predicted octanol–water partition coefficient (Wildman–Crippen LogP) is 3.41. The summed E-state index contributed by atoms with van der Waals surface area (Å²) < 4.78 is 21.4. The minimum Gasteiger partial charge on any atom is -0.508 e. The van der Waals surface area contributed by atoms with E-state index < -0.39 is 11.3 Å². The lowest BCUT2D eigenvalue weighted by molar-refractivity contribution is 0.368. The molecular weight excluding hydrogens is 340 g/mol. The Hall–Kier alpha value is -3.74. The Bertz CT molecular complexity index is 1250. The molecule has 0 saturated heterocycles. The van der Waals surface area contributed by atoms with Gasteiger partial charge in [0.1, 0.15) is 11.3 Å². The summed E-state index contributed by atoms with van der Waals surface area (Å²) in [4.78, 5) is 23.8. The van der Waals surface area contributed by atoms with Crippen molar-refractivity contribution in [3.63, 3.8) is 0 Å². The maximum atomic E-state index is 12.2. The zero-order valence-electron chi connectivity index (χ0n) is 13.5. The van der Waals surface area contributed by atoms with Crippen LogP contribution in [0.1, 0.15) is 0 Å². The van der Waals surface area contributed by atoms with E-state index >= 15 is 0 Å². The smallest absolute Gasteiger partial charge is 0.379 e. The molecule has 0 bridgehead atoms. The summed E-state index contributed by atoms with van der Waals surface area (Å²) in [7, 11) is 1.43. The third-order valence-corrected chi connectivity index (χ3v) is 3.83. The lowest BCUT2D eigenvalue weighted by Crippen LogP contribution is -2.05. The molecule has 0 unspecified atom stereocenters. The van der Waals surface area contributed by atoms with Gasteiger partial charge in [-0.05, 0) is 36.4 Å². The first-order valence-corrected chi connectivity index (χ1v) is 7.61. The van der Waals surface area contributed by atoms with Gasteiger partial charge in [0.15, 0.2) is 11.3 Å². The third-order valence-electron chi connectivity index (χ3n) is 3.83. The number of phenols is 1. The van der Waals surface area contributed by atoms with E-state index in [1.807, 2.05) is 0 Å². The van der Waals surface area contributed by atoms with Crippen molar-refractivity contribution in [3.8, 4) is 23.0 Å². The molecule has 4 aromatic rings. The van der Waals surface area contributed by atoms with Crippen LogP contribution in [-0.2, 0) is 0 Å². The topological polar surface area (TPSA) is 99.1 Å². The summed E-state index contributed by atoms with van der Waals surface area (Å²) in [5.41, 5.74) is -0.933. The summed E-state index contributed by atoms with van der Waals surface area (Å²) in [5.74, 6) is 0.248. The zero-order valence-corrected chi connectivity index (χ0v) is 13.5. The third kappa shape index (κ3) is 2.65. The SMILES string of the molecule is COc1ccc2ccc(=O)oc2c1Oc1cc2ccc(O)cc2oc1=O. The minimum atomic E-state index is -0.750. The van der Waals surface area contributed by atoms with Gasteiger partial charge < -0.3 is 23.4 Å². The van der Waals surface area contributed by atoms with Crippen molar-refractivity contribution in [3.05, 3.63) is 69.4 Å². The van der Waals surface area contributed by atoms with Gasteiger partial charge in [0.25, 0.3) is 0 Å². The monoisotopic (exact) mass is 352 g/mol. The molecule has 1 N–H and O–H groups in total. The fourth-order valence-electron chi connectivity index (χ4n) is 2.61. The van der Waals surface area contributed by atoms with Gasteiger partial charge in [0, 0.05) is 22.9 Å². The highest BCUT2D eigenvalue weighted by Gasteiger charge is 2.17. The molecule has 0 radical (unpaired) electrons. The van der Waals surface area contributed by atoms with E-state index in [4.69, 9.17) is 18.3 Å². The Kier molecular flexibility index (Phi) is 3.62. The highest BCUT2D eigenvalue weighted by atomic mass is 16.5. The van der Waals surface area contributed by atoms with E-state index in [-0.39, 0.29) is 34.2 Å². The van der Waals surface area contributed by atoms with Crippen molar-refractivity contribution in [2.24, 2.45) is 0 Å². The first-order chi connectivity index (χ1) is 12.5. The van der Waals surface area contributed by atoms with Crippen molar-refractivity contribution >= 4 is 21.9 Å². The van der Waals surface area contributed by atoms with Crippen LogP contribution in [0.3, 0.4) is 0 Å². The maximum absolute atomic E-state index is 12.2. The Balaban J connectivity index is 1.92. The summed E-state index contributed by atoms with van der Waals surface area (Å²) >= 11 is 0. The summed E-state index contributed by atoms with van der Waals surface area (Å²) in [5, 5.41) is 10.6. The molecule has 0 saturated carbocycles. The number of methoxy groups -OCH3 is 1. The van der Waals surface area contributed by atoms with Crippen molar-refractivity contribution in [1.29, 1.82) is 0 Å². The first kappa shape index (κ1) is 15.8.